The molecule has 1 saturated carbocycles. The van der Waals surface area contributed by atoms with Crippen molar-refractivity contribution in [3.63, 3.8) is 0 Å². The fourth-order valence-corrected chi connectivity index (χ4v) is 4.02. The van der Waals surface area contributed by atoms with E-state index in [1.165, 1.54) is 30.3 Å². The van der Waals surface area contributed by atoms with Gasteiger partial charge in [-0.2, -0.15) is 0 Å². The SMILES string of the molecule is C#CCN(C(=O)c1cnc(SC)n1-c1ccc(F)cc1)C1CCCCC1. The number of rotatable bonds is 5. The molecule has 0 unspecified atom stereocenters. The summed E-state index contributed by atoms with van der Waals surface area (Å²) < 4.78 is 15.1. The fraction of sp³-hybridized carbons (Fsp3) is 0.400. The lowest BCUT2D eigenvalue weighted by Crippen LogP contribution is -2.42. The molecule has 4 nitrogen and oxygen atoms in total. The molecule has 136 valence electrons. The van der Waals surface area contributed by atoms with Gasteiger partial charge in [-0.25, -0.2) is 9.37 Å². The highest BCUT2D eigenvalue weighted by atomic mass is 32.2. The van der Waals surface area contributed by atoms with Crippen molar-refractivity contribution in [2.24, 2.45) is 0 Å². The first-order chi connectivity index (χ1) is 12.7. The van der Waals surface area contributed by atoms with Crippen molar-refractivity contribution in [3.05, 3.63) is 42.0 Å². The summed E-state index contributed by atoms with van der Waals surface area (Å²) in [6.45, 7) is 0.284. The van der Waals surface area contributed by atoms with Gasteiger partial charge in [0.1, 0.15) is 11.5 Å². The molecule has 1 aromatic heterocycles. The van der Waals surface area contributed by atoms with Gasteiger partial charge < -0.3 is 4.90 Å². The summed E-state index contributed by atoms with van der Waals surface area (Å²) in [5.41, 5.74) is 1.17. The molecule has 0 bridgehead atoms. The highest BCUT2D eigenvalue weighted by Crippen LogP contribution is 2.27. The minimum Gasteiger partial charge on any atom is -0.323 e. The molecule has 0 radical (unpaired) electrons. The van der Waals surface area contributed by atoms with Gasteiger partial charge in [-0.3, -0.25) is 9.36 Å². The van der Waals surface area contributed by atoms with E-state index in [4.69, 9.17) is 6.42 Å². The van der Waals surface area contributed by atoms with E-state index in [0.717, 1.165) is 25.7 Å². The summed E-state index contributed by atoms with van der Waals surface area (Å²) in [5, 5.41) is 0.684. The molecule has 6 heteroatoms. The van der Waals surface area contributed by atoms with Crippen LogP contribution in [0.25, 0.3) is 5.69 Å². The van der Waals surface area contributed by atoms with Crippen LogP contribution in [0, 0.1) is 18.2 Å². The van der Waals surface area contributed by atoms with E-state index in [1.54, 1.807) is 27.8 Å². The van der Waals surface area contributed by atoms with Crippen LogP contribution >= 0.6 is 11.8 Å². The van der Waals surface area contributed by atoms with Gasteiger partial charge in [-0.1, -0.05) is 36.9 Å². The van der Waals surface area contributed by atoms with Crippen LogP contribution in [-0.2, 0) is 0 Å². The van der Waals surface area contributed by atoms with Crippen molar-refractivity contribution in [1.29, 1.82) is 0 Å². The molecule has 1 amide bonds. The minimum absolute atomic E-state index is 0.119. The predicted octanol–water partition coefficient (Wildman–Crippen LogP) is 4.14. The second-order valence-electron chi connectivity index (χ2n) is 6.37. The quantitative estimate of drug-likeness (QED) is 0.586. The number of halogens is 1. The molecule has 0 saturated heterocycles. The number of imidazole rings is 1. The van der Waals surface area contributed by atoms with Gasteiger partial charge in [0.15, 0.2) is 5.16 Å². The maximum atomic E-state index is 13.3. The van der Waals surface area contributed by atoms with Gasteiger partial charge in [-0.05, 0) is 43.4 Å². The molecule has 1 aliphatic carbocycles. The van der Waals surface area contributed by atoms with E-state index in [9.17, 15) is 9.18 Å². The number of hydrogen-bond acceptors (Lipinski definition) is 3. The molecular formula is C20H22FN3OS. The van der Waals surface area contributed by atoms with E-state index < -0.39 is 0 Å². The first kappa shape index (κ1) is 18.5. The molecule has 0 atom stereocenters. The van der Waals surface area contributed by atoms with Gasteiger partial charge in [-0.15, -0.1) is 6.42 Å². The van der Waals surface area contributed by atoms with Crippen LogP contribution in [-0.4, -0.2) is 39.2 Å². The van der Waals surface area contributed by atoms with E-state index in [2.05, 4.69) is 10.9 Å². The lowest BCUT2D eigenvalue weighted by Gasteiger charge is -2.33. The molecule has 1 aromatic carbocycles. The van der Waals surface area contributed by atoms with Crippen molar-refractivity contribution in [2.45, 2.75) is 43.3 Å². The van der Waals surface area contributed by atoms with E-state index in [1.807, 2.05) is 6.26 Å². The summed E-state index contributed by atoms with van der Waals surface area (Å²) >= 11 is 1.44. The Labute approximate surface area is 157 Å². The van der Waals surface area contributed by atoms with Crippen molar-refractivity contribution >= 4 is 17.7 Å². The van der Waals surface area contributed by atoms with Crippen molar-refractivity contribution in [2.75, 3.05) is 12.8 Å². The number of nitrogens with zero attached hydrogens (tertiary/aromatic N) is 3. The molecule has 0 spiro atoms. The average Bonchev–Trinajstić information content (AvgIpc) is 3.11. The first-order valence-corrected chi connectivity index (χ1v) is 10.00. The van der Waals surface area contributed by atoms with Crippen molar-refractivity contribution < 1.29 is 9.18 Å². The number of amides is 1. The highest BCUT2D eigenvalue weighted by Gasteiger charge is 2.29. The Morgan fingerprint density at radius 1 is 1.35 bits per heavy atom. The van der Waals surface area contributed by atoms with Crippen LogP contribution in [0.2, 0.25) is 0 Å². The first-order valence-electron chi connectivity index (χ1n) is 8.77. The summed E-state index contributed by atoms with van der Waals surface area (Å²) in [6.07, 6.45) is 14.4. The number of hydrogen-bond donors (Lipinski definition) is 0. The highest BCUT2D eigenvalue weighted by molar-refractivity contribution is 7.98. The molecule has 3 rings (SSSR count). The van der Waals surface area contributed by atoms with Crippen LogP contribution in [0.3, 0.4) is 0 Å². The number of benzene rings is 1. The average molecular weight is 371 g/mol. The Hall–Kier alpha value is -2.26. The Morgan fingerprint density at radius 3 is 2.65 bits per heavy atom. The number of terminal acetylenes is 1. The standard InChI is InChI=1S/C20H22FN3OS/c1-3-13-23(16-7-5-4-6-8-16)19(25)18-14-22-20(26-2)24(18)17-11-9-15(21)10-12-17/h1,9-12,14,16H,4-8,13H2,2H3. The van der Waals surface area contributed by atoms with Gasteiger partial charge in [0.05, 0.1) is 12.7 Å². The largest absolute Gasteiger partial charge is 0.323 e. The Bertz CT molecular complexity index is 803. The molecule has 0 aliphatic heterocycles. The number of carbonyl (C=O) groups excluding carboxylic acids is 1. The smallest absolute Gasteiger partial charge is 0.273 e. The Kier molecular flexibility index (Phi) is 6.00. The Balaban J connectivity index is 1.99. The number of aromatic nitrogens is 2. The van der Waals surface area contributed by atoms with Gasteiger partial charge in [0.25, 0.3) is 5.91 Å². The molecule has 1 heterocycles. The molecule has 1 aliphatic rings. The second kappa shape index (κ2) is 8.41. The lowest BCUT2D eigenvalue weighted by atomic mass is 9.94. The maximum Gasteiger partial charge on any atom is 0.273 e. The molecule has 2 aromatic rings. The zero-order chi connectivity index (χ0) is 18.5. The Morgan fingerprint density at radius 2 is 2.04 bits per heavy atom. The van der Waals surface area contributed by atoms with E-state index in [-0.39, 0.29) is 24.3 Å². The molecule has 1 fully saturated rings. The van der Waals surface area contributed by atoms with Crippen LogP contribution in [0.15, 0.2) is 35.6 Å². The zero-order valence-corrected chi connectivity index (χ0v) is 15.6. The third kappa shape index (κ3) is 3.78. The zero-order valence-electron chi connectivity index (χ0n) is 14.8. The molecule has 0 N–H and O–H groups in total. The van der Waals surface area contributed by atoms with Crippen molar-refractivity contribution in [3.8, 4) is 18.0 Å². The minimum atomic E-state index is -0.316. The number of thioether (sulfide) groups is 1. The molecule has 26 heavy (non-hydrogen) atoms. The lowest BCUT2D eigenvalue weighted by molar-refractivity contribution is 0.0658. The maximum absolute atomic E-state index is 13.3. The van der Waals surface area contributed by atoms with Crippen LogP contribution < -0.4 is 0 Å². The van der Waals surface area contributed by atoms with Gasteiger partial charge >= 0.3 is 0 Å². The van der Waals surface area contributed by atoms with Crippen LogP contribution in [0.1, 0.15) is 42.6 Å². The van der Waals surface area contributed by atoms with Crippen LogP contribution in [0.4, 0.5) is 4.39 Å². The van der Waals surface area contributed by atoms with Gasteiger partial charge in [0, 0.05) is 11.7 Å². The summed E-state index contributed by atoms with van der Waals surface area (Å²) in [6, 6.07) is 6.24. The normalized spacial score (nSPS) is 14.8. The summed E-state index contributed by atoms with van der Waals surface area (Å²) in [7, 11) is 0. The molecular weight excluding hydrogens is 349 g/mol. The summed E-state index contributed by atoms with van der Waals surface area (Å²) in [5.74, 6) is 2.19. The fourth-order valence-electron chi connectivity index (χ4n) is 3.47. The number of carbonyl (C=O) groups is 1. The topological polar surface area (TPSA) is 38.1 Å². The van der Waals surface area contributed by atoms with E-state index in [0.29, 0.717) is 16.5 Å². The second-order valence-corrected chi connectivity index (χ2v) is 7.14. The van der Waals surface area contributed by atoms with E-state index >= 15 is 0 Å². The third-order valence-electron chi connectivity index (χ3n) is 4.75. The van der Waals surface area contributed by atoms with Gasteiger partial charge in [0.2, 0.25) is 0 Å². The van der Waals surface area contributed by atoms with Crippen LogP contribution in [0.5, 0.6) is 0 Å². The predicted molar refractivity (Wildman–Crippen MR) is 102 cm³/mol. The monoisotopic (exact) mass is 371 g/mol. The van der Waals surface area contributed by atoms with Crippen molar-refractivity contribution in [1.82, 2.24) is 14.5 Å². The summed E-state index contributed by atoms with van der Waals surface area (Å²) in [4.78, 5) is 19.5. The third-order valence-corrected chi connectivity index (χ3v) is 5.41.